The predicted octanol–water partition coefficient (Wildman–Crippen LogP) is -2.14. The third-order valence-corrected chi connectivity index (χ3v) is 1.28. The third-order valence-electron chi connectivity index (χ3n) is 1.28. The zero-order valence-corrected chi connectivity index (χ0v) is 9.85. The van der Waals surface area contributed by atoms with Crippen molar-refractivity contribution in [2.24, 2.45) is 5.92 Å². The Kier molecular flexibility index (Phi) is 8.76. The van der Waals surface area contributed by atoms with E-state index in [2.05, 4.69) is 0 Å². The van der Waals surface area contributed by atoms with E-state index in [1.807, 2.05) is 0 Å². The van der Waals surface area contributed by atoms with E-state index in [0.29, 0.717) is 0 Å². The molecule has 0 saturated carbocycles. The van der Waals surface area contributed by atoms with Gasteiger partial charge in [0.1, 0.15) is 23.5 Å². The van der Waals surface area contributed by atoms with Gasteiger partial charge < -0.3 is 9.90 Å². The molecule has 0 bridgehead atoms. The van der Waals surface area contributed by atoms with Gasteiger partial charge in [-0.05, 0) is 13.8 Å². The van der Waals surface area contributed by atoms with Gasteiger partial charge in [-0.25, -0.2) is 0 Å². The molecule has 0 atom stereocenters. The molecule has 83 valence electrons. The number of carboxylic acid groups (broad SMARTS) is 1. The molecule has 8 heteroatoms. The van der Waals surface area contributed by atoms with Crippen LogP contribution in [0.4, 0.5) is 0 Å². The van der Waals surface area contributed by atoms with Gasteiger partial charge in [0.05, 0.1) is 0 Å². The van der Waals surface area contributed by atoms with Crippen LogP contribution in [0.3, 0.4) is 0 Å². The van der Waals surface area contributed by atoms with E-state index in [9.17, 15) is 24.3 Å². The Labute approximate surface area is 93.0 Å². The Morgan fingerprint density at radius 3 is 1.33 bits per heavy atom. The second-order valence-corrected chi connectivity index (χ2v) is 2.71. The van der Waals surface area contributed by atoms with Crippen LogP contribution in [0.2, 0.25) is 0 Å². The molecule has 0 amide bonds. The molecule has 0 aliphatic rings. The molecule has 15 heavy (non-hydrogen) atoms. The van der Waals surface area contributed by atoms with E-state index in [-0.39, 0.29) is 0 Å². The molecular weight excluding hydrogens is 292 g/mol. The topological polar surface area (TPSA) is 125 Å². The van der Waals surface area contributed by atoms with Gasteiger partial charge in [0, 0.05) is 0 Å². The maximum atomic E-state index is 10.6. The van der Waals surface area contributed by atoms with Gasteiger partial charge in [-0.15, -0.1) is 0 Å². The summed E-state index contributed by atoms with van der Waals surface area (Å²) in [4.78, 5) is 41.8. The van der Waals surface area contributed by atoms with Crippen LogP contribution in [0.15, 0.2) is 0 Å². The van der Waals surface area contributed by atoms with E-state index < -0.39 is 47.7 Å². The number of hydrogen-bond acceptors (Lipinski definition) is 7. The summed E-state index contributed by atoms with van der Waals surface area (Å²) in [6.07, 6.45) is 0. The second-order valence-electron chi connectivity index (χ2n) is 2.37. The van der Waals surface area contributed by atoms with E-state index >= 15 is 0 Å². The van der Waals surface area contributed by atoms with Crippen molar-refractivity contribution in [3.63, 3.8) is 0 Å². The zero-order valence-electron chi connectivity index (χ0n) is 7.84. The van der Waals surface area contributed by atoms with Crippen LogP contribution < -0.4 is 5.11 Å². The summed E-state index contributed by atoms with van der Waals surface area (Å²) in [7, 11) is 0. The quantitative estimate of drug-likeness (QED) is 0.329. The van der Waals surface area contributed by atoms with Crippen molar-refractivity contribution < 1.29 is 49.6 Å². The Morgan fingerprint density at radius 1 is 1.00 bits per heavy atom. The molecule has 7 nitrogen and oxygen atoms in total. The molecule has 0 aromatic heterocycles. The van der Waals surface area contributed by atoms with Crippen molar-refractivity contribution >= 4 is 23.3 Å². The van der Waals surface area contributed by atoms with Crippen molar-refractivity contribution in [3.05, 3.63) is 0 Å². The fourth-order valence-corrected chi connectivity index (χ4v) is 0.773. The van der Waals surface area contributed by atoms with Crippen LogP contribution in [0.25, 0.3) is 0 Å². The first-order valence-corrected chi connectivity index (χ1v) is 5.11. The van der Waals surface area contributed by atoms with Crippen LogP contribution in [-0.4, -0.2) is 23.3 Å². The minimum absolute atomic E-state index is 0.781. The van der Waals surface area contributed by atoms with Gasteiger partial charge in [-0.1, -0.05) is 0 Å². The molecule has 0 saturated heterocycles. The average molecular weight is 299 g/mol. The van der Waals surface area contributed by atoms with E-state index in [0.717, 1.165) is 13.8 Å². The average Bonchev–Trinajstić information content (AvgIpc) is 2.03. The molecule has 0 aliphatic carbocycles. The summed E-state index contributed by atoms with van der Waals surface area (Å²) >= 11 is -2.03. The van der Waals surface area contributed by atoms with Gasteiger partial charge in [0.2, 0.25) is 0 Å². The van der Waals surface area contributed by atoms with E-state index in [1.54, 1.807) is 0 Å². The number of rotatable bonds is 4. The first-order valence-electron chi connectivity index (χ1n) is 3.47. The fourth-order valence-electron chi connectivity index (χ4n) is 0.773. The Bertz CT molecular complexity index is 312. The standard InChI is InChI=1S/C7H8O5.Mo.2O/c1-3(8)5(4(2)9)6(10)7(11)12;;;/h5H,1-2H3,(H,11,12);;;/q;+1;;/p-1. The number of carbonyl (C=O) groups is 4. The number of hydrogen-bond donors (Lipinski definition) is 0. The van der Waals surface area contributed by atoms with Gasteiger partial charge in [-0.3, -0.25) is 14.4 Å². The van der Waals surface area contributed by atoms with Crippen molar-refractivity contribution in [2.45, 2.75) is 13.8 Å². The summed E-state index contributed by atoms with van der Waals surface area (Å²) in [5.41, 5.74) is 0. The molecule has 0 fully saturated rings. The van der Waals surface area contributed by atoms with Crippen molar-refractivity contribution in [3.8, 4) is 0 Å². The van der Waals surface area contributed by atoms with Crippen molar-refractivity contribution in [1.29, 1.82) is 0 Å². The molecule has 0 rings (SSSR count). The Balaban J connectivity index is 0. The summed E-state index contributed by atoms with van der Waals surface area (Å²) in [6, 6.07) is 0. The first kappa shape index (κ1) is 16.2. The van der Waals surface area contributed by atoms with Crippen LogP contribution in [0.1, 0.15) is 13.8 Å². The minimum atomic E-state index is -2.03. The monoisotopic (exact) mass is 301 g/mol. The molecule has 0 unspecified atom stereocenters. The van der Waals surface area contributed by atoms with Crippen molar-refractivity contribution in [2.75, 3.05) is 0 Å². The Hall–Kier alpha value is -1.23. The number of carbonyl (C=O) groups excluding carboxylic acids is 4. The molecule has 0 N–H and O–H groups in total. The molecule has 0 aromatic rings. The van der Waals surface area contributed by atoms with Crippen LogP contribution in [-0.2, 0) is 44.5 Å². The number of Topliss-reactive ketones (excluding diaryl/α,β-unsaturated/α-hetero) is 3. The Morgan fingerprint density at radius 2 is 1.27 bits per heavy atom. The number of ketones is 3. The molecule has 0 aromatic carbocycles. The van der Waals surface area contributed by atoms with Gasteiger partial charge in [-0.2, -0.15) is 0 Å². The van der Waals surface area contributed by atoms with E-state index in [1.165, 1.54) is 0 Å². The number of carboxylic acids is 1. The van der Waals surface area contributed by atoms with Gasteiger partial charge in [0.15, 0.2) is 5.78 Å². The second kappa shape index (κ2) is 8.11. The van der Waals surface area contributed by atoms with Crippen LogP contribution in [0.5, 0.6) is 0 Å². The van der Waals surface area contributed by atoms with Crippen molar-refractivity contribution in [1.82, 2.24) is 0 Å². The van der Waals surface area contributed by atoms with Crippen LogP contribution >= 0.6 is 0 Å². The predicted molar refractivity (Wildman–Crippen MR) is 36.2 cm³/mol. The maximum absolute atomic E-state index is 10.6. The molecule has 0 heterocycles. The van der Waals surface area contributed by atoms with Gasteiger partial charge in [0.25, 0.3) is 0 Å². The fraction of sp³-hybridized carbons (Fsp3) is 0.429. The summed E-state index contributed by atoms with van der Waals surface area (Å²) < 4.78 is 17.0. The number of aliphatic carboxylic acids is 1. The van der Waals surface area contributed by atoms with Crippen LogP contribution in [0, 0.1) is 5.92 Å². The third kappa shape index (κ3) is 6.79. The zero-order chi connectivity index (χ0) is 12.6. The summed E-state index contributed by atoms with van der Waals surface area (Å²) in [5, 5.41) is 9.98. The van der Waals surface area contributed by atoms with Gasteiger partial charge >= 0.3 is 25.3 Å². The molecule has 0 spiro atoms. The first-order chi connectivity index (χ1) is 6.79. The SMILES string of the molecule is CC(=O)C(C(C)=O)C(=O)C(=O)[O-].[O]=[Mo+]=[O]. The summed E-state index contributed by atoms with van der Waals surface area (Å²) in [5.74, 6) is -6.75. The normalized spacial score (nSPS) is 8.20. The molecule has 0 radical (unpaired) electrons. The van der Waals surface area contributed by atoms with E-state index in [4.69, 9.17) is 6.80 Å². The summed E-state index contributed by atoms with van der Waals surface area (Å²) in [6.45, 7) is 1.96. The molecular formula is C7H7MoO7. The molecule has 0 aliphatic heterocycles.